The highest BCUT2D eigenvalue weighted by atomic mass is 32.2. The van der Waals surface area contributed by atoms with Crippen LogP contribution in [0.1, 0.15) is 67.8 Å². The van der Waals surface area contributed by atoms with E-state index in [1.807, 2.05) is 49.6 Å². The van der Waals surface area contributed by atoms with Crippen LogP contribution in [0.2, 0.25) is 0 Å². The molecule has 1 fully saturated rings. The van der Waals surface area contributed by atoms with Crippen molar-refractivity contribution < 1.29 is 28.3 Å². The standard InChI is InChI=1S/C36H51N7O6S2/c1-4-25(2)34(41-36(46)42(3)22-29-24-50-33(19-37)39-29)35(45)40-31(18-26-10-6-5-7-11-26)32(44)23-43(21-28-12-8-9-13-28)51(48,49)30-16-14-27(15-17-30)20-38-47/h5-7,10-11,14-17,20,24-25,28,31-32,34,44,47H,4,8-9,12-13,18-19,21-23,37H2,1-3H3,(H,40,45)(H,41,46)/b38-20+/t25-,31-,32+,34-/m0/s1. The van der Waals surface area contributed by atoms with E-state index in [9.17, 15) is 23.1 Å². The van der Waals surface area contributed by atoms with Crippen LogP contribution in [0.4, 0.5) is 4.79 Å². The lowest BCUT2D eigenvalue weighted by atomic mass is 9.96. The number of amides is 3. The molecule has 4 rings (SSSR count). The number of nitrogens with two attached hydrogens (primary N) is 1. The number of sulfonamides is 1. The fourth-order valence-electron chi connectivity index (χ4n) is 6.23. The molecule has 2 aromatic carbocycles. The average molecular weight is 742 g/mol. The Morgan fingerprint density at radius 1 is 1.12 bits per heavy atom. The van der Waals surface area contributed by atoms with Crippen LogP contribution in [0, 0.1) is 11.8 Å². The Kier molecular flexibility index (Phi) is 14.9. The number of nitrogens with one attached hydrogen (secondary N) is 2. The molecule has 0 bridgehead atoms. The zero-order valence-corrected chi connectivity index (χ0v) is 31.2. The van der Waals surface area contributed by atoms with Gasteiger partial charge in [0.05, 0.1) is 35.5 Å². The summed E-state index contributed by atoms with van der Waals surface area (Å²) in [7, 11) is -2.43. The number of rotatable bonds is 18. The molecule has 3 aromatic rings. The van der Waals surface area contributed by atoms with Crippen LogP contribution in [-0.2, 0) is 34.3 Å². The molecule has 0 radical (unpaired) electrons. The van der Waals surface area contributed by atoms with Crippen molar-refractivity contribution in [1.29, 1.82) is 0 Å². The summed E-state index contributed by atoms with van der Waals surface area (Å²) in [5.74, 6) is -0.585. The molecule has 1 aliphatic rings. The predicted octanol–water partition coefficient (Wildman–Crippen LogP) is 3.94. The Morgan fingerprint density at radius 3 is 2.41 bits per heavy atom. The second-order valence-electron chi connectivity index (χ2n) is 13.3. The number of nitrogens with zero attached hydrogens (tertiary/aromatic N) is 4. The number of aliphatic hydroxyl groups excluding tert-OH is 1. The van der Waals surface area contributed by atoms with Gasteiger partial charge in [-0.1, -0.05) is 80.7 Å². The first-order valence-electron chi connectivity index (χ1n) is 17.4. The first-order chi connectivity index (χ1) is 24.4. The lowest BCUT2D eigenvalue weighted by Crippen LogP contribution is -2.58. The summed E-state index contributed by atoms with van der Waals surface area (Å²) >= 11 is 1.42. The molecular formula is C36H51N7O6S2. The van der Waals surface area contributed by atoms with E-state index in [0.717, 1.165) is 36.3 Å². The smallest absolute Gasteiger partial charge is 0.318 e. The number of thiazole rings is 1. The fourth-order valence-corrected chi connectivity index (χ4v) is 8.43. The van der Waals surface area contributed by atoms with Gasteiger partial charge in [-0.2, -0.15) is 4.31 Å². The summed E-state index contributed by atoms with van der Waals surface area (Å²) in [4.78, 5) is 33.3. The van der Waals surface area contributed by atoms with E-state index < -0.39 is 40.1 Å². The molecule has 0 aliphatic heterocycles. The number of urea groups is 1. The maximum atomic E-state index is 14.1. The number of carbonyl (C=O) groups is 2. The van der Waals surface area contributed by atoms with Gasteiger partial charge >= 0.3 is 6.03 Å². The van der Waals surface area contributed by atoms with Crippen molar-refractivity contribution in [3.8, 4) is 0 Å². The topological polar surface area (TPSA) is 191 Å². The molecule has 1 aromatic heterocycles. The third-order valence-corrected chi connectivity index (χ3v) is 12.2. The Bertz CT molecular complexity index is 1680. The maximum Gasteiger partial charge on any atom is 0.318 e. The number of benzene rings is 2. The van der Waals surface area contributed by atoms with Gasteiger partial charge < -0.3 is 31.6 Å². The van der Waals surface area contributed by atoms with Crippen molar-refractivity contribution >= 4 is 39.5 Å². The number of oxime groups is 1. The lowest BCUT2D eigenvalue weighted by molar-refractivity contribution is -0.125. The largest absolute Gasteiger partial charge is 0.411 e. The summed E-state index contributed by atoms with van der Waals surface area (Å²) < 4.78 is 29.5. The molecule has 13 nitrogen and oxygen atoms in total. The SMILES string of the molecule is CC[C@H](C)[C@H](NC(=O)N(C)Cc1csc(CN)n1)C(=O)N[C@@H](Cc1ccccc1)[C@H](O)CN(CC1CCCC1)S(=O)(=O)c1ccc(/C=N/O)cc1. The Balaban J connectivity index is 1.57. The van der Waals surface area contributed by atoms with Gasteiger partial charge in [0.1, 0.15) is 11.0 Å². The zero-order valence-electron chi connectivity index (χ0n) is 29.5. The van der Waals surface area contributed by atoms with E-state index in [-0.39, 0.29) is 42.8 Å². The summed E-state index contributed by atoms with van der Waals surface area (Å²) in [6.07, 6.45) is 4.55. The van der Waals surface area contributed by atoms with Crippen LogP contribution in [-0.4, -0.2) is 89.4 Å². The molecule has 15 heteroatoms. The molecule has 278 valence electrons. The minimum atomic E-state index is -4.06. The van der Waals surface area contributed by atoms with Crippen molar-refractivity contribution in [3.05, 3.63) is 81.8 Å². The Labute approximate surface area is 305 Å². The monoisotopic (exact) mass is 741 g/mol. The highest BCUT2D eigenvalue weighted by Gasteiger charge is 2.35. The third-order valence-electron chi connectivity index (χ3n) is 9.44. The van der Waals surface area contributed by atoms with E-state index in [4.69, 9.17) is 10.9 Å². The predicted molar refractivity (Wildman–Crippen MR) is 198 cm³/mol. The van der Waals surface area contributed by atoms with Crippen LogP contribution >= 0.6 is 11.3 Å². The quantitative estimate of drug-likeness (QED) is 0.0736. The van der Waals surface area contributed by atoms with Gasteiger partial charge in [-0.05, 0) is 54.4 Å². The second-order valence-corrected chi connectivity index (χ2v) is 16.1. The summed E-state index contributed by atoms with van der Waals surface area (Å²) in [5.41, 5.74) is 7.76. The van der Waals surface area contributed by atoms with Crippen molar-refractivity contribution in [1.82, 2.24) is 24.8 Å². The minimum Gasteiger partial charge on any atom is -0.411 e. The molecule has 4 atom stereocenters. The number of hydrogen-bond acceptors (Lipinski definition) is 10. The molecule has 51 heavy (non-hydrogen) atoms. The highest BCUT2D eigenvalue weighted by molar-refractivity contribution is 7.89. The zero-order chi connectivity index (χ0) is 37.0. The number of aliphatic hydroxyl groups is 1. The average Bonchev–Trinajstić information content (AvgIpc) is 3.82. The fraction of sp³-hybridized carbons (Fsp3) is 0.500. The molecular weight excluding hydrogens is 691 g/mol. The molecule has 6 N–H and O–H groups in total. The highest BCUT2D eigenvalue weighted by Crippen LogP contribution is 2.28. The first-order valence-corrected chi connectivity index (χ1v) is 19.7. The van der Waals surface area contributed by atoms with E-state index in [0.29, 0.717) is 24.2 Å². The summed E-state index contributed by atoms with van der Waals surface area (Å²) in [5, 5.41) is 32.2. The molecule has 0 spiro atoms. The molecule has 0 saturated heterocycles. The van der Waals surface area contributed by atoms with Gasteiger partial charge in [0.15, 0.2) is 0 Å². The molecule has 0 unspecified atom stereocenters. The van der Waals surface area contributed by atoms with Crippen LogP contribution < -0.4 is 16.4 Å². The van der Waals surface area contributed by atoms with E-state index in [2.05, 4.69) is 20.8 Å². The summed E-state index contributed by atoms with van der Waals surface area (Å²) in [6, 6.07) is 13.1. The van der Waals surface area contributed by atoms with E-state index >= 15 is 0 Å². The van der Waals surface area contributed by atoms with Crippen molar-refractivity contribution in [2.45, 2.75) is 88.5 Å². The molecule has 3 amide bonds. The van der Waals surface area contributed by atoms with Crippen molar-refractivity contribution in [3.63, 3.8) is 0 Å². The van der Waals surface area contributed by atoms with Crippen LogP contribution in [0.5, 0.6) is 0 Å². The summed E-state index contributed by atoms with van der Waals surface area (Å²) in [6.45, 7) is 4.32. The van der Waals surface area contributed by atoms with Gasteiger partial charge in [-0.25, -0.2) is 18.2 Å². The molecule has 1 heterocycles. The first kappa shape index (κ1) is 39.9. The molecule has 1 saturated carbocycles. The number of hydrogen-bond donors (Lipinski definition) is 5. The van der Waals surface area contributed by atoms with Crippen LogP contribution in [0.15, 0.2) is 70.0 Å². The van der Waals surface area contributed by atoms with Gasteiger partial charge in [-0.3, -0.25) is 4.79 Å². The number of carbonyl (C=O) groups excluding carboxylic acids is 2. The Hall–Kier alpha value is -3.89. The molecule has 1 aliphatic carbocycles. The minimum absolute atomic E-state index is 0.0481. The second kappa shape index (κ2) is 19.1. The van der Waals surface area contributed by atoms with Gasteiger partial charge in [-0.15, -0.1) is 11.3 Å². The van der Waals surface area contributed by atoms with Gasteiger partial charge in [0, 0.05) is 32.1 Å². The van der Waals surface area contributed by atoms with Crippen molar-refractivity contribution in [2.24, 2.45) is 22.7 Å². The van der Waals surface area contributed by atoms with Crippen LogP contribution in [0.3, 0.4) is 0 Å². The van der Waals surface area contributed by atoms with Crippen LogP contribution in [0.25, 0.3) is 0 Å². The third kappa shape index (κ3) is 11.3. The lowest BCUT2D eigenvalue weighted by Gasteiger charge is -2.33. The normalized spacial score (nSPS) is 16.2. The maximum absolute atomic E-state index is 14.1. The van der Waals surface area contributed by atoms with Crippen molar-refractivity contribution in [2.75, 3.05) is 20.1 Å². The van der Waals surface area contributed by atoms with Gasteiger partial charge in [0.25, 0.3) is 0 Å². The van der Waals surface area contributed by atoms with E-state index in [1.54, 1.807) is 19.2 Å². The van der Waals surface area contributed by atoms with E-state index in [1.165, 1.54) is 38.9 Å². The van der Waals surface area contributed by atoms with Gasteiger partial charge in [0.2, 0.25) is 15.9 Å². The number of aromatic nitrogens is 1. The Morgan fingerprint density at radius 2 is 1.80 bits per heavy atom.